The Morgan fingerprint density at radius 1 is 1.16 bits per heavy atom. The molecule has 0 bridgehead atoms. The predicted octanol–water partition coefficient (Wildman–Crippen LogP) is 2.55. The van der Waals surface area contributed by atoms with Gasteiger partial charge in [0.25, 0.3) is 5.91 Å². The fraction of sp³-hybridized carbons (Fsp3) is 0.211. The Balaban J connectivity index is 1.81. The third kappa shape index (κ3) is 3.68. The molecule has 6 heteroatoms. The van der Waals surface area contributed by atoms with Gasteiger partial charge in [0.15, 0.2) is 0 Å². The van der Waals surface area contributed by atoms with Crippen LogP contribution in [0.4, 0.5) is 10.5 Å². The van der Waals surface area contributed by atoms with Crippen molar-refractivity contribution in [2.45, 2.75) is 19.9 Å². The molecule has 128 valence electrons. The Bertz CT molecular complexity index is 816. The van der Waals surface area contributed by atoms with Crippen LogP contribution in [0.1, 0.15) is 28.4 Å². The Morgan fingerprint density at radius 2 is 1.96 bits per heavy atom. The van der Waals surface area contributed by atoms with Crippen LogP contribution in [0.15, 0.2) is 48.5 Å². The van der Waals surface area contributed by atoms with Crippen LogP contribution < -0.4 is 10.6 Å². The number of urea groups is 1. The Hall–Kier alpha value is -3.15. The first-order valence-electron chi connectivity index (χ1n) is 8.15. The first-order chi connectivity index (χ1) is 12.1. The van der Waals surface area contributed by atoms with E-state index in [0.29, 0.717) is 16.8 Å². The van der Waals surface area contributed by atoms with Gasteiger partial charge in [-0.3, -0.25) is 14.5 Å². The number of carbonyl (C=O) groups is 3. The first kappa shape index (κ1) is 16.7. The molecule has 0 unspecified atom stereocenters. The normalized spacial score (nSPS) is 13.7. The minimum absolute atomic E-state index is 0.00297. The molecule has 6 nitrogen and oxygen atoms in total. The highest BCUT2D eigenvalue weighted by Crippen LogP contribution is 2.17. The van der Waals surface area contributed by atoms with Crippen LogP contribution in [0.2, 0.25) is 0 Å². The Morgan fingerprint density at radius 3 is 2.68 bits per heavy atom. The summed E-state index contributed by atoms with van der Waals surface area (Å²) < 4.78 is 0. The molecular formula is C19H19N3O3. The largest absolute Gasteiger partial charge is 0.329 e. The van der Waals surface area contributed by atoms with E-state index in [4.69, 9.17) is 0 Å². The maximum Gasteiger partial charge on any atom is 0.324 e. The fourth-order valence-corrected chi connectivity index (χ4v) is 2.73. The number of nitrogens with zero attached hydrogens (tertiary/aromatic N) is 1. The van der Waals surface area contributed by atoms with Gasteiger partial charge in [0.2, 0.25) is 5.91 Å². The van der Waals surface area contributed by atoms with E-state index in [1.807, 2.05) is 31.2 Å². The van der Waals surface area contributed by atoms with Crippen LogP contribution in [0.5, 0.6) is 0 Å². The lowest BCUT2D eigenvalue weighted by Gasteiger charge is -2.15. The molecule has 0 spiro atoms. The molecule has 4 amide bonds. The maximum absolute atomic E-state index is 12.7. The van der Waals surface area contributed by atoms with Gasteiger partial charge in [-0.05, 0) is 35.7 Å². The van der Waals surface area contributed by atoms with Crippen LogP contribution in [0, 0.1) is 0 Å². The maximum atomic E-state index is 12.7. The zero-order valence-electron chi connectivity index (χ0n) is 13.9. The molecule has 1 heterocycles. The fourth-order valence-electron chi connectivity index (χ4n) is 2.73. The molecule has 0 saturated carbocycles. The summed E-state index contributed by atoms with van der Waals surface area (Å²) in [6.07, 6.45) is 0.881. The van der Waals surface area contributed by atoms with Gasteiger partial charge in [-0.15, -0.1) is 0 Å². The van der Waals surface area contributed by atoms with Crippen LogP contribution in [0.25, 0.3) is 0 Å². The molecule has 0 aromatic heterocycles. The van der Waals surface area contributed by atoms with Crippen molar-refractivity contribution in [3.05, 3.63) is 65.2 Å². The summed E-state index contributed by atoms with van der Waals surface area (Å²) in [4.78, 5) is 37.3. The first-order valence-corrected chi connectivity index (χ1v) is 8.15. The average molecular weight is 337 g/mol. The summed E-state index contributed by atoms with van der Waals surface area (Å²) in [5, 5.41) is 5.36. The number of rotatable bonds is 5. The van der Waals surface area contributed by atoms with Crippen molar-refractivity contribution in [1.82, 2.24) is 10.2 Å². The molecule has 0 atom stereocenters. The molecule has 1 fully saturated rings. The second-order valence-electron chi connectivity index (χ2n) is 5.80. The van der Waals surface area contributed by atoms with Crippen LogP contribution in [0.3, 0.4) is 0 Å². The van der Waals surface area contributed by atoms with Crippen molar-refractivity contribution >= 4 is 23.5 Å². The van der Waals surface area contributed by atoms with Crippen molar-refractivity contribution in [1.29, 1.82) is 0 Å². The predicted molar refractivity (Wildman–Crippen MR) is 94.2 cm³/mol. The van der Waals surface area contributed by atoms with Crippen LogP contribution in [-0.2, 0) is 17.8 Å². The summed E-state index contributed by atoms with van der Waals surface area (Å²) >= 11 is 0. The number of aryl methyl sites for hydroxylation is 1. The number of hydrogen-bond donors (Lipinski definition) is 2. The average Bonchev–Trinajstić information content (AvgIpc) is 2.94. The lowest BCUT2D eigenvalue weighted by molar-refractivity contribution is -0.125. The van der Waals surface area contributed by atoms with Crippen molar-refractivity contribution < 1.29 is 14.4 Å². The molecule has 0 radical (unpaired) electrons. The van der Waals surface area contributed by atoms with Gasteiger partial charge in [-0.25, -0.2) is 4.79 Å². The van der Waals surface area contributed by atoms with Gasteiger partial charge in [-0.2, -0.15) is 0 Å². The third-order valence-electron chi connectivity index (χ3n) is 4.12. The number of amides is 4. The molecular weight excluding hydrogens is 318 g/mol. The molecule has 1 aliphatic heterocycles. The highest BCUT2D eigenvalue weighted by molar-refractivity contribution is 6.06. The zero-order valence-corrected chi connectivity index (χ0v) is 13.9. The SMILES string of the molecule is CCc1cccc(NC(=O)c2ccccc2CN2C(=O)CNC2=O)c1. The molecule has 3 rings (SSSR count). The minimum Gasteiger partial charge on any atom is -0.329 e. The smallest absolute Gasteiger partial charge is 0.324 e. The lowest BCUT2D eigenvalue weighted by Crippen LogP contribution is -2.31. The minimum atomic E-state index is -0.434. The molecule has 2 aromatic carbocycles. The second kappa shape index (κ2) is 7.17. The van der Waals surface area contributed by atoms with Crippen molar-refractivity contribution in [2.75, 3.05) is 11.9 Å². The van der Waals surface area contributed by atoms with Crippen molar-refractivity contribution in [3.63, 3.8) is 0 Å². The molecule has 25 heavy (non-hydrogen) atoms. The highest BCUT2D eigenvalue weighted by atomic mass is 16.2. The standard InChI is InChI=1S/C19H19N3O3/c1-2-13-6-5-8-15(10-13)21-18(24)16-9-4-3-7-14(16)12-22-17(23)11-20-19(22)25/h3-10H,2,11-12H2,1H3,(H,20,25)(H,21,24). The Labute approximate surface area is 145 Å². The van der Waals surface area contributed by atoms with E-state index < -0.39 is 6.03 Å². The van der Waals surface area contributed by atoms with Gasteiger partial charge in [0, 0.05) is 11.3 Å². The quantitative estimate of drug-likeness (QED) is 0.823. The van der Waals surface area contributed by atoms with Crippen molar-refractivity contribution in [2.24, 2.45) is 0 Å². The van der Waals surface area contributed by atoms with Crippen molar-refractivity contribution in [3.8, 4) is 0 Å². The summed E-state index contributed by atoms with van der Waals surface area (Å²) in [7, 11) is 0. The molecule has 2 aromatic rings. The summed E-state index contributed by atoms with van der Waals surface area (Å²) in [5.74, 6) is -0.563. The number of carbonyl (C=O) groups excluding carboxylic acids is 3. The number of hydrogen-bond acceptors (Lipinski definition) is 3. The van der Waals surface area contributed by atoms with E-state index in [9.17, 15) is 14.4 Å². The number of nitrogens with one attached hydrogen (secondary N) is 2. The van der Waals surface area contributed by atoms with E-state index in [1.54, 1.807) is 24.3 Å². The summed E-state index contributed by atoms with van der Waals surface area (Å²) in [6, 6.07) is 14.2. The zero-order chi connectivity index (χ0) is 17.8. The Kier molecular flexibility index (Phi) is 4.79. The second-order valence-corrected chi connectivity index (χ2v) is 5.80. The topological polar surface area (TPSA) is 78.5 Å². The summed E-state index contributed by atoms with van der Waals surface area (Å²) in [5.41, 5.74) is 2.91. The molecule has 0 aliphatic carbocycles. The van der Waals surface area contributed by atoms with Gasteiger partial charge in [0.1, 0.15) is 0 Å². The van der Waals surface area contributed by atoms with Crippen LogP contribution >= 0.6 is 0 Å². The van der Waals surface area contributed by atoms with E-state index >= 15 is 0 Å². The van der Waals surface area contributed by atoms with E-state index in [1.165, 1.54) is 0 Å². The highest BCUT2D eigenvalue weighted by Gasteiger charge is 2.29. The number of benzene rings is 2. The van der Waals surface area contributed by atoms with Gasteiger partial charge in [0.05, 0.1) is 13.1 Å². The van der Waals surface area contributed by atoms with Gasteiger partial charge < -0.3 is 10.6 Å². The van der Waals surface area contributed by atoms with E-state index in [-0.39, 0.29) is 24.9 Å². The van der Waals surface area contributed by atoms with Crippen LogP contribution in [-0.4, -0.2) is 29.3 Å². The number of anilines is 1. The third-order valence-corrected chi connectivity index (χ3v) is 4.12. The lowest BCUT2D eigenvalue weighted by atomic mass is 10.1. The molecule has 1 aliphatic rings. The van der Waals surface area contributed by atoms with Gasteiger partial charge >= 0.3 is 6.03 Å². The molecule has 2 N–H and O–H groups in total. The number of imide groups is 1. The molecule has 1 saturated heterocycles. The van der Waals surface area contributed by atoms with E-state index in [0.717, 1.165) is 16.9 Å². The summed E-state index contributed by atoms with van der Waals surface area (Å²) in [6.45, 7) is 2.12. The monoisotopic (exact) mass is 337 g/mol. The van der Waals surface area contributed by atoms with E-state index in [2.05, 4.69) is 10.6 Å². The van der Waals surface area contributed by atoms with Gasteiger partial charge in [-0.1, -0.05) is 37.3 Å².